The monoisotopic (exact) mass is 887 g/mol. The highest BCUT2D eigenvalue weighted by Crippen LogP contribution is 2.62. The number of carbonyl (C=O) groups is 1. The van der Waals surface area contributed by atoms with Crippen LogP contribution in [0.5, 0.6) is 23.0 Å². The van der Waals surface area contributed by atoms with Crippen LogP contribution in [0, 0.1) is 27.9 Å². The first kappa shape index (κ1) is 47.0. The van der Waals surface area contributed by atoms with E-state index in [0.29, 0.717) is 54.5 Å². The first-order valence-corrected chi connectivity index (χ1v) is 22.8. The van der Waals surface area contributed by atoms with Crippen LogP contribution in [0.1, 0.15) is 80.9 Å². The highest BCUT2D eigenvalue weighted by atomic mass is 16.7. The normalized spacial score (nSPS) is 22.4. The van der Waals surface area contributed by atoms with Crippen molar-refractivity contribution in [1.29, 1.82) is 0 Å². The molecule has 0 spiro atoms. The summed E-state index contributed by atoms with van der Waals surface area (Å²) < 4.78 is 26.4. The predicted molar refractivity (Wildman–Crippen MR) is 248 cm³/mol. The summed E-state index contributed by atoms with van der Waals surface area (Å²) in [6.45, 7) is 7.02. The maximum atomic E-state index is 15.0. The number of allylic oxidation sites excluding steroid dienone is 1. The summed E-state index contributed by atoms with van der Waals surface area (Å²) in [5, 5.41) is 36.6. The molecule has 4 aromatic carbocycles. The van der Waals surface area contributed by atoms with Crippen LogP contribution in [0.2, 0.25) is 0 Å². The topological polar surface area (TPSA) is 162 Å². The molecule has 2 aliphatic carbocycles. The number of nitro benzene ring substituents is 1. The number of hydrogen-bond donors (Lipinski definition) is 2. The van der Waals surface area contributed by atoms with Gasteiger partial charge in [-0.3, -0.25) is 14.9 Å². The number of rotatable bonds is 23. The molecule has 1 fully saturated rings. The maximum absolute atomic E-state index is 15.0. The van der Waals surface area contributed by atoms with Crippen LogP contribution >= 0.6 is 0 Å². The number of aliphatic hydroxyl groups excluding tert-OH is 2. The fourth-order valence-electron chi connectivity index (χ4n) is 10.0. The second-order valence-electron chi connectivity index (χ2n) is 17.0. The number of aliphatic hydroxyl groups is 2. The van der Waals surface area contributed by atoms with Crippen molar-refractivity contribution in [3.05, 3.63) is 148 Å². The number of ether oxygens (including phenoxy) is 4. The van der Waals surface area contributed by atoms with Crippen molar-refractivity contribution in [3.8, 4) is 23.0 Å². The zero-order valence-electron chi connectivity index (χ0n) is 37.4. The first-order valence-electron chi connectivity index (χ1n) is 22.8. The number of fused-ring (bicyclic) bond motifs is 2. The van der Waals surface area contributed by atoms with E-state index in [9.17, 15) is 25.1 Å². The molecule has 3 aliphatic rings. The lowest BCUT2D eigenvalue weighted by Gasteiger charge is -2.60. The summed E-state index contributed by atoms with van der Waals surface area (Å²) in [4.78, 5) is 34.4. The van der Waals surface area contributed by atoms with Crippen molar-refractivity contribution < 1.29 is 43.7 Å². The van der Waals surface area contributed by atoms with Crippen molar-refractivity contribution in [2.24, 2.45) is 22.9 Å². The number of amides is 1. The van der Waals surface area contributed by atoms with Crippen LogP contribution in [0.4, 0.5) is 5.69 Å². The van der Waals surface area contributed by atoms with Gasteiger partial charge in [-0.05, 0) is 97.0 Å². The molecule has 7 rings (SSSR count). The van der Waals surface area contributed by atoms with Gasteiger partial charge in [0.05, 0.1) is 42.8 Å². The molecule has 0 unspecified atom stereocenters. The Balaban J connectivity index is 1.43. The molecule has 0 radical (unpaired) electrons. The highest BCUT2D eigenvalue weighted by Gasteiger charge is 2.65. The van der Waals surface area contributed by atoms with Gasteiger partial charge in [0.1, 0.15) is 35.6 Å². The molecule has 13 heteroatoms. The van der Waals surface area contributed by atoms with Crippen molar-refractivity contribution in [3.63, 3.8) is 0 Å². The minimum absolute atomic E-state index is 0.00578. The molecular formula is C52H61N3O10. The van der Waals surface area contributed by atoms with Gasteiger partial charge >= 0.3 is 0 Å². The van der Waals surface area contributed by atoms with Gasteiger partial charge in [0.25, 0.3) is 5.69 Å². The number of benzene rings is 4. The number of nitrogens with zero attached hydrogens (tertiary/aromatic N) is 3. The molecule has 0 saturated heterocycles. The maximum Gasteiger partial charge on any atom is 0.273 e. The fraction of sp³-hybridized carbons (Fsp3) is 0.423. The molecule has 1 saturated carbocycles. The number of hydrogen-bond acceptors (Lipinski definition) is 11. The van der Waals surface area contributed by atoms with E-state index >= 15 is 0 Å². The first-order chi connectivity index (χ1) is 31.7. The molecule has 0 aromatic heterocycles. The van der Waals surface area contributed by atoms with Gasteiger partial charge in [-0.1, -0.05) is 85.6 Å². The number of carbonyl (C=O) groups excluding carboxylic acids is 1. The second kappa shape index (κ2) is 22.3. The SMILES string of the molecule is C=CCO[C@@]12Oc3ccc(Oc4cccc([N+](=O)[O-])c4)cc3[C@H]3[C@H](CCCCO)[C@@H](CCCCO)C=C(C(=NOCc4ccccc4)C[C@@H]1N(CCC)C(=O)Cc1cccc(OC)c1)[C@H]32. The summed E-state index contributed by atoms with van der Waals surface area (Å²) in [5.41, 5.74) is 4.18. The Labute approximate surface area is 381 Å². The summed E-state index contributed by atoms with van der Waals surface area (Å²) in [7, 11) is 1.61. The molecule has 65 heavy (non-hydrogen) atoms. The van der Waals surface area contributed by atoms with Crippen molar-refractivity contribution in [2.75, 3.05) is 33.5 Å². The zero-order valence-corrected chi connectivity index (χ0v) is 37.4. The second-order valence-corrected chi connectivity index (χ2v) is 17.0. The Bertz CT molecular complexity index is 2320. The van der Waals surface area contributed by atoms with Crippen molar-refractivity contribution in [1.82, 2.24) is 4.90 Å². The van der Waals surface area contributed by atoms with E-state index < -0.39 is 22.7 Å². The predicted octanol–water partition coefficient (Wildman–Crippen LogP) is 9.71. The van der Waals surface area contributed by atoms with Crippen LogP contribution in [-0.4, -0.2) is 77.0 Å². The molecule has 344 valence electrons. The Morgan fingerprint density at radius 2 is 1.68 bits per heavy atom. The molecule has 2 N–H and O–H groups in total. The molecule has 1 heterocycles. The summed E-state index contributed by atoms with van der Waals surface area (Å²) in [6.07, 6.45) is 9.44. The number of oxime groups is 1. The van der Waals surface area contributed by atoms with Gasteiger partial charge in [0, 0.05) is 43.7 Å². The van der Waals surface area contributed by atoms with Crippen LogP contribution in [0.3, 0.4) is 0 Å². The lowest BCUT2D eigenvalue weighted by molar-refractivity contribution is -0.384. The minimum Gasteiger partial charge on any atom is -0.497 e. The van der Waals surface area contributed by atoms with Gasteiger partial charge in [0.2, 0.25) is 11.7 Å². The Kier molecular flexibility index (Phi) is 16.1. The third-order valence-corrected chi connectivity index (χ3v) is 12.8. The quantitative estimate of drug-likeness (QED) is 0.0317. The Morgan fingerprint density at radius 1 is 0.938 bits per heavy atom. The standard InChI is InChI=1S/C52H61N3O10/c1-4-25-54(49(58)30-37-17-13-20-40(29-37)61-3)48-34-46(53-63-35-36-15-7-6-8-16-36)44-31-38(18-9-11-26-56)43(22-10-12-27-57)50-45-33-42(64-41-21-14-19-39(32-41)55(59)60)23-24-47(45)65-52(48,51(44)50)62-28-5-2/h5-8,13-17,19-21,23-24,29,31-33,38,43,48,50-51,56-57H,2,4,9-12,18,22,25-28,30,34-35H2,1,3H3/t38-,43+,48-,50+,51+,52+/m0/s1. The summed E-state index contributed by atoms with van der Waals surface area (Å²) >= 11 is 0. The average molecular weight is 888 g/mol. The third-order valence-electron chi connectivity index (χ3n) is 12.8. The Morgan fingerprint density at radius 3 is 2.42 bits per heavy atom. The van der Waals surface area contributed by atoms with Crippen LogP contribution in [-0.2, 0) is 27.4 Å². The zero-order chi connectivity index (χ0) is 45.8. The molecule has 6 atom stereocenters. The van der Waals surface area contributed by atoms with E-state index in [1.807, 2.05) is 78.6 Å². The average Bonchev–Trinajstić information content (AvgIpc) is 3.32. The van der Waals surface area contributed by atoms with Crippen LogP contribution in [0.15, 0.2) is 127 Å². The van der Waals surface area contributed by atoms with Gasteiger partial charge in [-0.2, -0.15) is 0 Å². The van der Waals surface area contributed by atoms with E-state index in [1.165, 1.54) is 12.1 Å². The van der Waals surface area contributed by atoms with Crippen LogP contribution < -0.4 is 14.2 Å². The van der Waals surface area contributed by atoms with Crippen molar-refractivity contribution >= 4 is 17.3 Å². The van der Waals surface area contributed by atoms with Crippen LogP contribution in [0.25, 0.3) is 0 Å². The van der Waals surface area contributed by atoms with E-state index in [-0.39, 0.29) is 68.6 Å². The Hall–Kier alpha value is -6.02. The van der Waals surface area contributed by atoms with Crippen molar-refractivity contribution in [2.45, 2.75) is 89.1 Å². The third kappa shape index (κ3) is 10.8. The molecular weight excluding hydrogens is 827 g/mol. The van der Waals surface area contributed by atoms with E-state index in [0.717, 1.165) is 47.9 Å². The van der Waals surface area contributed by atoms with E-state index in [2.05, 4.69) is 12.7 Å². The number of methoxy groups -OCH3 is 1. The molecule has 13 nitrogen and oxygen atoms in total. The minimum atomic E-state index is -1.43. The summed E-state index contributed by atoms with van der Waals surface area (Å²) in [5.74, 6) is -0.283. The largest absolute Gasteiger partial charge is 0.497 e. The molecule has 1 amide bonds. The summed E-state index contributed by atoms with van der Waals surface area (Å²) in [6, 6.07) is 28.4. The lowest BCUT2D eigenvalue weighted by atomic mass is 9.55. The number of non-ortho nitro benzene ring substituents is 1. The lowest BCUT2D eigenvalue weighted by Crippen LogP contribution is -2.70. The highest BCUT2D eigenvalue weighted by molar-refractivity contribution is 6.03. The van der Waals surface area contributed by atoms with Gasteiger partial charge in [-0.15, -0.1) is 6.58 Å². The number of nitro groups is 1. The van der Waals surface area contributed by atoms with Gasteiger partial charge < -0.3 is 38.9 Å². The fourth-order valence-corrected chi connectivity index (χ4v) is 10.0. The molecule has 1 aliphatic heterocycles. The van der Waals surface area contributed by atoms with E-state index in [1.54, 1.807) is 31.4 Å². The van der Waals surface area contributed by atoms with Gasteiger partial charge in [0.15, 0.2) is 0 Å². The molecule has 4 aromatic rings. The van der Waals surface area contributed by atoms with Gasteiger partial charge in [-0.25, -0.2) is 0 Å². The van der Waals surface area contributed by atoms with E-state index in [4.69, 9.17) is 28.9 Å². The smallest absolute Gasteiger partial charge is 0.273 e. The number of unbranched alkanes of at least 4 members (excludes halogenated alkanes) is 2. The molecule has 0 bridgehead atoms.